The summed E-state index contributed by atoms with van der Waals surface area (Å²) in [6, 6.07) is 14.3. The number of hydrogen-bond donors (Lipinski definition) is 2. The number of ether oxygens (including phenoxy) is 1. The predicted molar refractivity (Wildman–Crippen MR) is 109 cm³/mol. The summed E-state index contributed by atoms with van der Waals surface area (Å²) in [4.78, 5) is 4.37. The number of pyridine rings is 1. The molecule has 1 fully saturated rings. The zero-order chi connectivity index (χ0) is 19.1. The van der Waals surface area contributed by atoms with Crippen molar-refractivity contribution in [1.82, 2.24) is 20.1 Å². The molecular formula is C22H25N5O. The highest BCUT2D eigenvalue weighted by atomic mass is 16.5. The Morgan fingerprint density at radius 3 is 2.86 bits per heavy atom. The molecule has 5 rings (SSSR count). The third-order valence-electron chi connectivity index (χ3n) is 6.12. The Kier molecular flexibility index (Phi) is 4.09. The normalized spacial score (nSPS) is 21.8. The van der Waals surface area contributed by atoms with Crippen molar-refractivity contribution in [2.24, 2.45) is 0 Å². The van der Waals surface area contributed by atoms with E-state index in [0.29, 0.717) is 11.6 Å². The lowest BCUT2D eigenvalue weighted by Gasteiger charge is -2.20. The van der Waals surface area contributed by atoms with Gasteiger partial charge in [0.05, 0.1) is 5.69 Å². The van der Waals surface area contributed by atoms with Gasteiger partial charge in [0.15, 0.2) is 11.6 Å². The van der Waals surface area contributed by atoms with Gasteiger partial charge in [-0.1, -0.05) is 30.3 Å². The number of rotatable bonds is 4. The van der Waals surface area contributed by atoms with Crippen molar-refractivity contribution in [3.63, 3.8) is 0 Å². The lowest BCUT2D eigenvalue weighted by molar-refractivity contribution is 0.227. The van der Waals surface area contributed by atoms with Crippen LogP contribution in [0, 0.1) is 0 Å². The summed E-state index contributed by atoms with van der Waals surface area (Å²) in [5, 5.41) is 8.35. The first-order valence-corrected chi connectivity index (χ1v) is 9.91. The number of aryl methyl sites for hydroxylation is 1. The summed E-state index contributed by atoms with van der Waals surface area (Å²) in [5.74, 6) is 0.994. The highest BCUT2D eigenvalue weighted by Crippen LogP contribution is 2.41. The van der Waals surface area contributed by atoms with Gasteiger partial charge in [0.2, 0.25) is 0 Å². The monoisotopic (exact) mass is 375 g/mol. The molecular weight excluding hydrogens is 350 g/mol. The quantitative estimate of drug-likeness (QED) is 0.732. The van der Waals surface area contributed by atoms with Crippen molar-refractivity contribution in [3.8, 4) is 17.0 Å². The number of nitrogen functional groups attached to an aromatic ring is 1. The van der Waals surface area contributed by atoms with Crippen molar-refractivity contribution in [3.05, 3.63) is 59.9 Å². The van der Waals surface area contributed by atoms with E-state index in [0.717, 1.165) is 36.5 Å². The third kappa shape index (κ3) is 2.85. The Hall–Kier alpha value is -2.86. The van der Waals surface area contributed by atoms with Gasteiger partial charge in [-0.2, -0.15) is 5.10 Å². The fourth-order valence-corrected chi connectivity index (χ4v) is 4.45. The number of fused-ring (bicyclic) bond motifs is 2. The van der Waals surface area contributed by atoms with Crippen molar-refractivity contribution < 1.29 is 4.74 Å². The average Bonchev–Trinajstić information content (AvgIpc) is 3.43. The molecule has 3 aromatic rings. The van der Waals surface area contributed by atoms with E-state index >= 15 is 0 Å². The maximum Gasteiger partial charge on any atom is 0.166 e. The Morgan fingerprint density at radius 2 is 2.07 bits per heavy atom. The van der Waals surface area contributed by atoms with Crippen LogP contribution in [0.2, 0.25) is 0 Å². The molecule has 1 saturated heterocycles. The Labute approximate surface area is 164 Å². The van der Waals surface area contributed by atoms with E-state index in [2.05, 4.69) is 21.0 Å². The van der Waals surface area contributed by atoms with E-state index in [4.69, 9.17) is 15.6 Å². The first-order valence-electron chi connectivity index (χ1n) is 9.91. The molecule has 3 N–H and O–H groups in total. The van der Waals surface area contributed by atoms with Crippen LogP contribution in [0.5, 0.6) is 5.75 Å². The zero-order valence-corrected chi connectivity index (χ0v) is 16.1. The number of anilines is 1. The highest BCUT2D eigenvalue weighted by molar-refractivity contribution is 5.64. The minimum absolute atomic E-state index is 0.111. The lowest BCUT2D eigenvalue weighted by atomic mass is 9.82. The van der Waals surface area contributed by atoms with Crippen LogP contribution in [0.1, 0.15) is 37.1 Å². The van der Waals surface area contributed by atoms with Gasteiger partial charge in [-0.25, -0.2) is 4.98 Å². The van der Waals surface area contributed by atoms with Crippen LogP contribution in [-0.2, 0) is 12.0 Å². The fourth-order valence-electron chi connectivity index (χ4n) is 4.45. The molecule has 1 spiro atoms. The molecule has 0 bridgehead atoms. The molecule has 0 amide bonds. The molecule has 2 aromatic heterocycles. The topological polar surface area (TPSA) is 78.0 Å². The van der Waals surface area contributed by atoms with E-state index in [-0.39, 0.29) is 11.5 Å². The number of nitrogens with two attached hydrogens (primary N) is 1. The first kappa shape index (κ1) is 17.3. The molecule has 6 heteroatoms. The van der Waals surface area contributed by atoms with Crippen molar-refractivity contribution in [1.29, 1.82) is 0 Å². The molecule has 2 aliphatic rings. The lowest BCUT2D eigenvalue weighted by Crippen LogP contribution is -2.25. The Morgan fingerprint density at radius 1 is 1.21 bits per heavy atom. The summed E-state index contributed by atoms with van der Waals surface area (Å²) in [7, 11) is 0. The van der Waals surface area contributed by atoms with Crippen LogP contribution in [-0.4, -0.2) is 27.9 Å². The van der Waals surface area contributed by atoms with Crippen LogP contribution < -0.4 is 15.8 Å². The third-order valence-corrected chi connectivity index (χ3v) is 6.12. The molecule has 2 atom stereocenters. The summed E-state index contributed by atoms with van der Waals surface area (Å²) in [5.41, 5.74) is 10.6. The average molecular weight is 375 g/mol. The van der Waals surface area contributed by atoms with E-state index in [1.54, 1.807) is 6.20 Å². The fraction of sp³-hybridized carbons (Fsp3) is 0.364. The standard InChI is InChI=1S/C22H25N5O/c1-15(16-5-3-2-4-6-16)28-19-11-17(13-25-21(19)23)18-12-20-22(7-9-24-14-22)8-10-27(20)26-18/h2-6,11-13,15,24H,7-10,14H2,1H3,(H2,23,25)/t15-,22-/m1/s1. The van der Waals surface area contributed by atoms with Crippen molar-refractivity contribution in [2.75, 3.05) is 18.8 Å². The van der Waals surface area contributed by atoms with E-state index < -0.39 is 0 Å². The van der Waals surface area contributed by atoms with Gasteiger partial charge >= 0.3 is 0 Å². The number of aromatic nitrogens is 3. The van der Waals surface area contributed by atoms with Gasteiger partial charge in [-0.05, 0) is 44.0 Å². The summed E-state index contributed by atoms with van der Waals surface area (Å²) >= 11 is 0. The van der Waals surface area contributed by atoms with Gasteiger partial charge in [0.1, 0.15) is 6.10 Å². The minimum Gasteiger partial charge on any atom is -0.482 e. The summed E-state index contributed by atoms with van der Waals surface area (Å²) in [6.45, 7) is 5.12. The largest absolute Gasteiger partial charge is 0.482 e. The second-order valence-electron chi connectivity index (χ2n) is 7.87. The Balaban J connectivity index is 1.44. The highest BCUT2D eigenvalue weighted by Gasteiger charge is 2.42. The zero-order valence-electron chi connectivity index (χ0n) is 16.1. The van der Waals surface area contributed by atoms with Crippen LogP contribution in [0.25, 0.3) is 11.3 Å². The molecule has 0 unspecified atom stereocenters. The second-order valence-corrected chi connectivity index (χ2v) is 7.87. The van der Waals surface area contributed by atoms with Crippen LogP contribution in [0.3, 0.4) is 0 Å². The summed E-state index contributed by atoms with van der Waals surface area (Å²) in [6.07, 6.45) is 4.03. The molecule has 144 valence electrons. The Bertz CT molecular complexity index is 991. The molecule has 6 nitrogen and oxygen atoms in total. The molecule has 0 aliphatic carbocycles. The van der Waals surface area contributed by atoms with Crippen molar-refractivity contribution in [2.45, 2.75) is 37.8 Å². The van der Waals surface area contributed by atoms with Crippen LogP contribution in [0.15, 0.2) is 48.7 Å². The molecule has 2 aliphatic heterocycles. The molecule has 1 aromatic carbocycles. The van der Waals surface area contributed by atoms with Gasteiger partial charge in [0, 0.05) is 36.0 Å². The van der Waals surface area contributed by atoms with Crippen molar-refractivity contribution >= 4 is 5.82 Å². The van der Waals surface area contributed by atoms with E-state index in [1.807, 2.05) is 43.3 Å². The summed E-state index contributed by atoms with van der Waals surface area (Å²) < 4.78 is 8.29. The SMILES string of the molecule is C[C@@H](Oc1cc(-c2cc3n(n2)CC[C@@]32CCNC2)cnc1N)c1ccccc1. The van der Waals surface area contributed by atoms with Gasteiger partial charge in [0.25, 0.3) is 0 Å². The first-order chi connectivity index (χ1) is 13.6. The molecule has 0 saturated carbocycles. The number of nitrogens with one attached hydrogen (secondary N) is 1. The maximum atomic E-state index is 6.13. The van der Waals surface area contributed by atoms with Gasteiger partial charge in [-0.15, -0.1) is 0 Å². The minimum atomic E-state index is -0.111. The van der Waals surface area contributed by atoms with E-state index in [9.17, 15) is 0 Å². The molecule has 4 heterocycles. The molecule has 0 radical (unpaired) electrons. The van der Waals surface area contributed by atoms with Crippen LogP contribution >= 0.6 is 0 Å². The van der Waals surface area contributed by atoms with Crippen LogP contribution in [0.4, 0.5) is 5.82 Å². The van der Waals surface area contributed by atoms with Gasteiger partial charge in [-0.3, -0.25) is 4.68 Å². The maximum absolute atomic E-state index is 6.13. The predicted octanol–water partition coefficient (Wildman–Crippen LogP) is 3.30. The second kappa shape index (κ2) is 6.63. The number of nitrogens with zero attached hydrogens (tertiary/aromatic N) is 3. The van der Waals surface area contributed by atoms with Gasteiger partial charge < -0.3 is 15.8 Å². The number of hydrogen-bond acceptors (Lipinski definition) is 5. The molecule has 28 heavy (non-hydrogen) atoms. The van der Waals surface area contributed by atoms with E-state index in [1.165, 1.54) is 18.5 Å². The smallest absolute Gasteiger partial charge is 0.166 e. The number of benzene rings is 1.